The molecule has 0 aromatic heterocycles. The van der Waals surface area contributed by atoms with Gasteiger partial charge < -0.3 is 15.5 Å². The molecule has 0 bridgehead atoms. The monoisotopic (exact) mass is 356 g/mol. The van der Waals surface area contributed by atoms with Gasteiger partial charge in [0.2, 0.25) is 0 Å². The molecule has 0 aliphatic rings. The van der Waals surface area contributed by atoms with Gasteiger partial charge in [-0.05, 0) is 48.3 Å². The van der Waals surface area contributed by atoms with Gasteiger partial charge in [0, 0.05) is 5.69 Å². The highest BCUT2D eigenvalue weighted by atomic mass is 32.1. The fourth-order valence-corrected chi connectivity index (χ4v) is 3.07. The molecular formula is C21H30N3S+. The number of quaternary nitrogens is 1. The van der Waals surface area contributed by atoms with Crippen molar-refractivity contribution in [3.63, 3.8) is 0 Å². The second-order valence-electron chi connectivity index (χ2n) is 6.77. The summed E-state index contributed by atoms with van der Waals surface area (Å²) < 4.78 is 0. The van der Waals surface area contributed by atoms with Crippen LogP contribution in [0, 0.1) is 0 Å². The highest BCUT2D eigenvalue weighted by Gasteiger charge is 2.15. The Balaban J connectivity index is 1.96. The van der Waals surface area contributed by atoms with Gasteiger partial charge in [0.1, 0.15) is 12.6 Å². The van der Waals surface area contributed by atoms with Gasteiger partial charge in [-0.15, -0.1) is 0 Å². The Morgan fingerprint density at radius 3 is 2.32 bits per heavy atom. The predicted octanol–water partition coefficient (Wildman–Crippen LogP) is 3.20. The quantitative estimate of drug-likeness (QED) is 0.635. The number of hydrogen-bond acceptors (Lipinski definition) is 1. The number of hydrogen-bond donors (Lipinski definition) is 3. The number of thiocarbonyl (C=S) groups is 1. The van der Waals surface area contributed by atoms with Gasteiger partial charge in [-0.3, -0.25) is 0 Å². The summed E-state index contributed by atoms with van der Waals surface area (Å²) in [6.07, 6.45) is 3.60. The summed E-state index contributed by atoms with van der Waals surface area (Å²) in [7, 11) is 4.31. The van der Waals surface area contributed by atoms with Crippen molar-refractivity contribution in [2.45, 2.75) is 32.2 Å². The first kappa shape index (κ1) is 19.4. The van der Waals surface area contributed by atoms with Crippen molar-refractivity contribution in [3.8, 4) is 0 Å². The van der Waals surface area contributed by atoms with Crippen LogP contribution in [0.1, 0.15) is 36.9 Å². The molecule has 0 saturated carbocycles. The Bertz CT molecular complexity index is 638. The molecule has 3 nitrogen and oxygen atoms in total. The van der Waals surface area contributed by atoms with Crippen LogP contribution in [0.2, 0.25) is 0 Å². The van der Waals surface area contributed by atoms with E-state index in [1.54, 1.807) is 0 Å². The predicted molar refractivity (Wildman–Crippen MR) is 111 cm³/mol. The van der Waals surface area contributed by atoms with Crippen molar-refractivity contribution in [1.29, 1.82) is 0 Å². The molecule has 134 valence electrons. The Labute approximate surface area is 157 Å². The van der Waals surface area contributed by atoms with E-state index in [0.717, 1.165) is 18.7 Å². The lowest BCUT2D eigenvalue weighted by Crippen LogP contribution is -3.06. The molecule has 0 saturated heterocycles. The maximum Gasteiger partial charge on any atom is 0.171 e. The summed E-state index contributed by atoms with van der Waals surface area (Å²) in [4.78, 5) is 1.38. The van der Waals surface area contributed by atoms with Crippen LogP contribution in [0.3, 0.4) is 0 Å². The highest BCUT2D eigenvalue weighted by Crippen LogP contribution is 2.14. The maximum absolute atomic E-state index is 5.54. The number of rotatable bonds is 8. The van der Waals surface area contributed by atoms with Crippen molar-refractivity contribution in [3.05, 3.63) is 65.7 Å². The molecule has 0 fully saturated rings. The van der Waals surface area contributed by atoms with Gasteiger partial charge >= 0.3 is 0 Å². The molecule has 25 heavy (non-hydrogen) atoms. The van der Waals surface area contributed by atoms with Crippen molar-refractivity contribution < 1.29 is 4.90 Å². The zero-order valence-corrected chi connectivity index (χ0v) is 16.3. The Morgan fingerprint density at radius 1 is 1.04 bits per heavy atom. The molecule has 0 spiro atoms. The average molecular weight is 357 g/mol. The summed E-state index contributed by atoms with van der Waals surface area (Å²) in [6, 6.07) is 19.2. The lowest BCUT2D eigenvalue weighted by molar-refractivity contribution is -0.860. The number of unbranched alkanes of at least 4 members (excludes halogenated alkanes) is 1. The molecule has 0 heterocycles. The zero-order chi connectivity index (χ0) is 18.1. The van der Waals surface area contributed by atoms with E-state index < -0.39 is 0 Å². The second kappa shape index (κ2) is 10.2. The number of anilines is 1. The van der Waals surface area contributed by atoms with E-state index in [2.05, 4.69) is 80.2 Å². The van der Waals surface area contributed by atoms with E-state index in [1.807, 2.05) is 6.07 Å². The first-order valence-corrected chi connectivity index (χ1v) is 9.49. The van der Waals surface area contributed by atoms with Crippen LogP contribution >= 0.6 is 12.2 Å². The minimum atomic E-state index is 0.190. The topological polar surface area (TPSA) is 28.5 Å². The van der Waals surface area contributed by atoms with Crippen LogP contribution in [0.25, 0.3) is 0 Å². The van der Waals surface area contributed by atoms with Gasteiger partial charge in [0.25, 0.3) is 0 Å². The molecule has 3 N–H and O–H groups in total. The van der Waals surface area contributed by atoms with Crippen LogP contribution in [0.4, 0.5) is 5.69 Å². The highest BCUT2D eigenvalue weighted by molar-refractivity contribution is 7.80. The molecule has 0 aliphatic carbocycles. The molecule has 2 rings (SSSR count). The molecule has 2 aromatic carbocycles. The largest absolute Gasteiger partial charge is 0.350 e. The molecule has 1 atom stereocenters. The maximum atomic E-state index is 5.54. The fraction of sp³-hybridized carbons (Fsp3) is 0.381. The minimum Gasteiger partial charge on any atom is -0.350 e. The lowest BCUT2D eigenvalue weighted by Gasteiger charge is -2.22. The van der Waals surface area contributed by atoms with Gasteiger partial charge in [-0.2, -0.15) is 0 Å². The molecule has 2 aromatic rings. The SMILES string of the molecule is CCCCc1ccc(NC(=S)N[C@H](C[NH+](C)C)c2ccccc2)cc1. The van der Waals surface area contributed by atoms with Gasteiger partial charge in [0.15, 0.2) is 5.11 Å². The first-order valence-electron chi connectivity index (χ1n) is 9.09. The van der Waals surface area contributed by atoms with E-state index in [4.69, 9.17) is 12.2 Å². The summed E-state index contributed by atoms with van der Waals surface area (Å²) >= 11 is 5.54. The van der Waals surface area contributed by atoms with Crippen LogP contribution in [0.5, 0.6) is 0 Å². The summed E-state index contributed by atoms with van der Waals surface area (Å²) in [6.45, 7) is 3.18. The Kier molecular flexibility index (Phi) is 7.89. The van der Waals surface area contributed by atoms with E-state index in [1.165, 1.54) is 28.9 Å². The summed E-state index contributed by atoms with van der Waals surface area (Å²) in [5.74, 6) is 0. The molecule has 4 heteroatoms. The number of aryl methyl sites for hydroxylation is 1. The summed E-state index contributed by atoms with van der Waals surface area (Å²) in [5, 5.41) is 7.43. The van der Waals surface area contributed by atoms with E-state index in [9.17, 15) is 0 Å². The second-order valence-corrected chi connectivity index (χ2v) is 7.18. The molecule has 0 aliphatic heterocycles. The van der Waals surface area contributed by atoms with Crippen molar-refractivity contribution in [2.75, 3.05) is 26.0 Å². The van der Waals surface area contributed by atoms with Crippen molar-refractivity contribution in [1.82, 2.24) is 5.32 Å². The van der Waals surface area contributed by atoms with Crippen LogP contribution in [0.15, 0.2) is 54.6 Å². The molecule has 0 amide bonds. The third-order valence-corrected chi connectivity index (χ3v) is 4.37. The normalized spacial score (nSPS) is 12.0. The Hall–Kier alpha value is -1.91. The van der Waals surface area contributed by atoms with Gasteiger partial charge in [-0.1, -0.05) is 55.8 Å². The Morgan fingerprint density at radius 2 is 1.72 bits per heavy atom. The number of benzene rings is 2. The van der Waals surface area contributed by atoms with Gasteiger partial charge in [-0.25, -0.2) is 0 Å². The number of nitrogens with one attached hydrogen (secondary N) is 3. The molecule has 0 unspecified atom stereocenters. The minimum absolute atomic E-state index is 0.190. The van der Waals surface area contributed by atoms with Gasteiger partial charge in [0.05, 0.1) is 14.1 Å². The van der Waals surface area contributed by atoms with Crippen LogP contribution < -0.4 is 15.5 Å². The zero-order valence-electron chi connectivity index (χ0n) is 15.5. The van der Waals surface area contributed by atoms with Crippen LogP contribution in [-0.2, 0) is 6.42 Å². The molecule has 0 radical (unpaired) electrons. The standard InChI is InChI=1S/C21H29N3S/c1-4-5-9-17-12-14-19(15-13-17)22-21(25)23-20(16-24(2)3)18-10-7-6-8-11-18/h6-8,10-15,20H,4-5,9,16H2,1-3H3,(H2,22,23,25)/p+1/t20-/m1/s1. The molecular weight excluding hydrogens is 326 g/mol. The van der Waals surface area contributed by atoms with E-state index in [0.29, 0.717) is 5.11 Å². The number of likely N-dealkylation sites (N-methyl/N-ethyl adjacent to an activating group) is 1. The lowest BCUT2D eigenvalue weighted by atomic mass is 10.1. The summed E-state index contributed by atoms with van der Waals surface area (Å²) in [5.41, 5.74) is 3.66. The van der Waals surface area contributed by atoms with Crippen molar-refractivity contribution in [2.24, 2.45) is 0 Å². The first-order chi connectivity index (χ1) is 12.1. The third kappa shape index (κ3) is 6.85. The smallest absolute Gasteiger partial charge is 0.171 e. The average Bonchev–Trinajstić information content (AvgIpc) is 2.61. The van der Waals surface area contributed by atoms with Crippen LogP contribution in [-0.4, -0.2) is 25.8 Å². The van der Waals surface area contributed by atoms with E-state index >= 15 is 0 Å². The fourth-order valence-electron chi connectivity index (χ4n) is 2.81. The third-order valence-electron chi connectivity index (χ3n) is 4.15. The van der Waals surface area contributed by atoms with E-state index in [-0.39, 0.29) is 6.04 Å². The van der Waals surface area contributed by atoms with Crippen molar-refractivity contribution >= 4 is 23.0 Å².